The lowest BCUT2D eigenvalue weighted by molar-refractivity contribution is -0.125. The number of amides is 1. The molecule has 1 fully saturated rings. The van der Waals surface area contributed by atoms with Crippen LogP contribution in [-0.2, 0) is 14.3 Å². The van der Waals surface area contributed by atoms with Crippen molar-refractivity contribution in [2.24, 2.45) is 5.92 Å². The molecule has 0 aromatic carbocycles. The summed E-state index contributed by atoms with van der Waals surface area (Å²) in [5.74, 6) is 1.36. The van der Waals surface area contributed by atoms with Crippen molar-refractivity contribution in [3.63, 3.8) is 0 Å². The van der Waals surface area contributed by atoms with Crippen LogP contribution in [0.1, 0.15) is 26.2 Å². The summed E-state index contributed by atoms with van der Waals surface area (Å²) in [5.41, 5.74) is 0.534. The van der Waals surface area contributed by atoms with Crippen LogP contribution in [0.15, 0.2) is 11.6 Å². The number of hydrogen-bond donors (Lipinski definition) is 0. The van der Waals surface area contributed by atoms with Crippen molar-refractivity contribution >= 4 is 24.0 Å². The molecule has 1 aliphatic rings. The zero-order chi connectivity index (χ0) is 14.3. The van der Waals surface area contributed by atoms with E-state index in [1.54, 1.807) is 20.2 Å². The number of carbonyl (C=O) groups excluding carboxylic acids is 2. The molecule has 0 aromatic heterocycles. The number of rotatable bonds is 7. The molecule has 5 heteroatoms. The molecule has 1 aliphatic heterocycles. The summed E-state index contributed by atoms with van der Waals surface area (Å²) in [6, 6.07) is 0. The smallest absolute Gasteiger partial charge is 0.256 e. The largest absolute Gasteiger partial charge is 0.367 e. The molecule has 1 heterocycles. The topological polar surface area (TPSA) is 46.6 Å². The molecule has 0 radical (unpaired) electrons. The zero-order valence-corrected chi connectivity index (χ0v) is 12.7. The average Bonchev–Trinajstić information content (AvgIpc) is 2.82. The molecule has 4 nitrogen and oxygen atoms in total. The average molecular weight is 285 g/mol. The minimum Gasteiger partial charge on any atom is -0.367 e. The summed E-state index contributed by atoms with van der Waals surface area (Å²) in [6.07, 6.45) is 5.19. The van der Waals surface area contributed by atoms with Crippen LogP contribution in [0.2, 0.25) is 0 Å². The van der Waals surface area contributed by atoms with E-state index in [1.165, 1.54) is 4.90 Å². The standard InChI is InChI=1S/C14H23NO3S/c1-4-19-14-11(8-9-18-14)6-5-7-12(10-16)13(17)15(2)3/h7,10-11,14H,4-6,8-9H2,1-3H3/b12-7-/t11-,14+/m1/s1. The molecule has 19 heavy (non-hydrogen) atoms. The van der Waals surface area contributed by atoms with Crippen molar-refractivity contribution in [1.82, 2.24) is 4.90 Å². The molecular weight excluding hydrogens is 262 g/mol. The van der Waals surface area contributed by atoms with Crippen LogP contribution < -0.4 is 0 Å². The predicted molar refractivity (Wildman–Crippen MR) is 78.1 cm³/mol. The minimum atomic E-state index is -0.225. The highest BCUT2D eigenvalue weighted by Gasteiger charge is 2.27. The Balaban J connectivity index is 2.47. The number of nitrogens with zero attached hydrogens (tertiary/aromatic N) is 1. The summed E-state index contributed by atoms with van der Waals surface area (Å²) in [6.45, 7) is 2.95. The summed E-state index contributed by atoms with van der Waals surface area (Å²) >= 11 is 1.84. The van der Waals surface area contributed by atoms with Gasteiger partial charge in [-0.05, 0) is 30.9 Å². The fourth-order valence-electron chi connectivity index (χ4n) is 2.13. The molecule has 0 unspecified atom stereocenters. The second kappa shape index (κ2) is 8.38. The van der Waals surface area contributed by atoms with Gasteiger partial charge in [-0.2, -0.15) is 0 Å². The number of hydrogen-bond acceptors (Lipinski definition) is 4. The second-order valence-electron chi connectivity index (χ2n) is 4.80. The van der Waals surface area contributed by atoms with Crippen LogP contribution in [0.4, 0.5) is 0 Å². The van der Waals surface area contributed by atoms with Gasteiger partial charge in [0.15, 0.2) is 6.29 Å². The van der Waals surface area contributed by atoms with E-state index in [2.05, 4.69) is 6.92 Å². The molecule has 108 valence electrons. The zero-order valence-electron chi connectivity index (χ0n) is 11.9. The first-order valence-electron chi connectivity index (χ1n) is 6.70. The van der Waals surface area contributed by atoms with Gasteiger partial charge in [-0.1, -0.05) is 13.0 Å². The fraction of sp³-hybridized carbons (Fsp3) is 0.714. The van der Waals surface area contributed by atoms with Gasteiger partial charge in [0.1, 0.15) is 5.44 Å². The Hall–Kier alpha value is -0.810. The van der Waals surface area contributed by atoms with Gasteiger partial charge in [0.25, 0.3) is 5.91 Å². The van der Waals surface area contributed by atoms with Crippen molar-refractivity contribution in [2.45, 2.75) is 31.6 Å². The quantitative estimate of drug-likeness (QED) is 0.311. The van der Waals surface area contributed by atoms with E-state index in [0.717, 1.165) is 31.6 Å². The lowest BCUT2D eigenvalue weighted by Gasteiger charge is -2.16. The first-order chi connectivity index (χ1) is 9.10. The van der Waals surface area contributed by atoms with Crippen LogP contribution in [0.25, 0.3) is 0 Å². The maximum absolute atomic E-state index is 11.7. The summed E-state index contributed by atoms with van der Waals surface area (Å²) in [7, 11) is 3.30. The van der Waals surface area contributed by atoms with Gasteiger partial charge in [-0.15, -0.1) is 11.8 Å². The van der Waals surface area contributed by atoms with E-state index >= 15 is 0 Å². The van der Waals surface area contributed by atoms with Crippen LogP contribution in [0.3, 0.4) is 0 Å². The van der Waals surface area contributed by atoms with Gasteiger partial charge < -0.3 is 9.64 Å². The normalized spacial score (nSPS) is 23.4. The van der Waals surface area contributed by atoms with Crippen LogP contribution in [-0.4, -0.2) is 49.0 Å². The molecular formula is C14H23NO3S. The van der Waals surface area contributed by atoms with E-state index in [9.17, 15) is 9.59 Å². The molecule has 0 saturated carbocycles. The Morgan fingerprint density at radius 1 is 1.47 bits per heavy atom. The Morgan fingerprint density at radius 3 is 2.79 bits per heavy atom. The third kappa shape index (κ3) is 4.99. The van der Waals surface area contributed by atoms with E-state index < -0.39 is 0 Å². The van der Waals surface area contributed by atoms with Gasteiger partial charge in [-0.3, -0.25) is 9.59 Å². The number of allylic oxidation sites excluding steroid dienone is 1. The Labute approximate surface area is 119 Å². The number of likely N-dealkylation sites (N-methyl/N-ethyl adjacent to an activating group) is 1. The van der Waals surface area contributed by atoms with Crippen molar-refractivity contribution in [2.75, 3.05) is 26.5 Å². The number of ether oxygens (including phenoxy) is 1. The Kier molecular flexibility index (Phi) is 7.16. The molecule has 0 spiro atoms. The minimum absolute atomic E-state index is 0.225. The lowest BCUT2D eigenvalue weighted by Crippen LogP contribution is -2.24. The van der Waals surface area contributed by atoms with E-state index in [0.29, 0.717) is 12.2 Å². The first kappa shape index (κ1) is 16.2. The maximum atomic E-state index is 11.7. The van der Waals surface area contributed by atoms with Gasteiger partial charge in [0.05, 0.1) is 5.57 Å². The molecule has 2 atom stereocenters. The summed E-state index contributed by atoms with van der Waals surface area (Å²) in [5, 5.41) is 0. The maximum Gasteiger partial charge on any atom is 0.256 e. The number of thioether (sulfide) groups is 1. The molecule has 1 rings (SSSR count). The van der Waals surface area contributed by atoms with Crippen molar-refractivity contribution in [3.05, 3.63) is 11.6 Å². The second-order valence-corrected chi connectivity index (χ2v) is 6.17. The molecule has 0 N–H and O–H groups in total. The molecule has 1 amide bonds. The van der Waals surface area contributed by atoms with Crippen molar-refractivity contribution in [3.8, 4) is 0 Å². The monoisotopic (exact) mass is 285 g/mol. The summed E-state index contributed by atoms with van der Waals surface area (Å²) < 4.78 is 5.67. The number of aldehydes is 1. The van der Waals surface area contributed by atoms with Crippen molar-refractivity contribution in [1.29, 1.82) is 0 Å². The van der Waals surface area contributed by atoms with E-state index in [4.69, 9.17) is 4.74 Å². The van der Waals surface area contributed by atoms with Gasteiger partial charge in [0.2, 0.25) is 0 Å². The molecule has 1 saturated heterocycles. The van der Waals surface area contributed by atoms with Crippen LogP contribution in [0, 0.1) is 5.92 Å². The van der Waals surface area contributed by atoms with Gasteiger partial charge >= 0.3 is 0 Å². The van der Waals surface area contributed by atoms with Gasteiger partial charge in [-0.25, -0.2) is 0 Å². The van der Waals surface area contributed by atoms with Gasteiger partial charge in [0, 0.05) is 20.7 Å². The number of carbonyl (C=O) groups is 2. The third-order valence-corrected chi connectivity index (χ3v) is 4.35. The van der Waals surface area contributed by atoms with E-state index in [-0.39, 0.29) is 16.9 Å². The Morgan fingerprint density at radius 2 is 2.21 bits per heavy atom. The van der Waals surface area contributed by atoms with Crippen LogP contribution >= 0.6 is 11.8 Å². The first-order valence-corrected chi connectivity index (χ1v) is 7.75. The highest BCUT2D eigenvalue weighted by molar-refractivity contribution is 7.99. The highest BCUT2D eigenvalue weighted by Crippen LogP contribution is 2.32. The SMILES string of the molecule is CCS[C@@H]1OCC[C@H]1CC/C=C(/C=O)C(=O)N(C)C. The molecule has 0 aromatic rings. The van der Waals surface area contributed by atoms with E-state index in [1.807, 2.05) is 11.8 Å². The lowest BCUT2D eigenvalue weighted by atomic mass is 10.0. The fourth-order valence-corrected chi connectivity index (χ4v) is 3.20. The summed E-state index contributed by atoms with van der Waals surface area (Å²) in [4.78, 5) is 24.0. The highest BCUT2D eigenvalue weighted by atomic mass is 32.2. The molecule has 0 aliphatic carbocycles. The predicted octanol–water partition coefficient (Wildman–Crippen LogP) is 2.10. The van der Waals surface area contributed by atoms with Crippen LogP contribution in [0.5, 0.6) is 0 Å². The third-order valence-electron chi connectivity index (χ3n) is 3.17. The molecule has 0 bridgehead atoms. The Bertz CT molecular complexity index is 342. The van der Waals surface area contributed by atoms with Crippen molar-refractivity contribution < 1.29 is 14.3 Å².